The number of hydrogen-bond acceptors (Lipinski definition) is 6. The van der Waals surface area contributed by atoms with Crippen molar-refractivity contribution in [3.05, 3.63) is 35.7 Å². The molecule has 146 valence electrons. The van der Waals surface area contributed by atoms with Crippen LogP contribution in [0.5, 0.6) is 0 Å². The van der Waals surface area contributed by atoms with Crippen molar-refractivity contribution < 1.29 is 23.8 Å². The molecule has 0 aliphatic carbocycles. The fraction of sp³-hybridized carbons (Fsp3) is 0.474. The van der Waals surface area contributed by atoms with Crippen LogP contribution in [0.3, 0.4) is 0 Å². The number of carboxylic acids is 1. The Morgan fingerprint density at radius 3 is 2.52 bits per heavy atom. The normalized spacial score (nSPS) is 12.0. The molecule has 1 unspecified atom stereocenters. The van der Waals surface area contributed by atoms with Crippen LogP contribution in [0.25, 0.3) is 11.5 Å². The number of carboxylic acid groups (broad SMARTS) is 1. The van der Waals surface area contributed by atoms with Crippen molar-refractivity contribution in [2.75, 3.05) is 26.3 Å². The number of amides is 1. The lowest BCUT2D eigenvalue weighted by Crippen LogP contribution is -2.38. The van der Waals surface area contributed by atoms with Gasteiger partial charge < -0.3 is 19.2 Å². The van der Waals surface area contributed by atoms with Crippen molar-refractivity contribution >= 4 is 11.9 Å². The molecule has 0 spiro atoms. The summed E-state index contributed by atoms with van der Waals surface area (Å²) in [5.41, 5.74) is 1.19. The summed E-state index contributed by atoms with van der Waals surface area (Å²) in [6.07, 6.45) is 0.644. The summed E-state index contributed by atoms with van der Waals surface area (Å²) >= 11 is 0. The minimum atomic E-state index is -0.931. The third kappa shape index (κ3) is 5.89. The number of rotatable bonds is 10. The van der Waals surface area contributed by atoms with Crippen molar-refractivity contribution in [3.8, 4) is 11.5 Å². The van der Waals surface area contributed by atoms with Gasteiger partial charge in [0.2, 0.25) is 11.8 Å². The fourth-order valence-electron chi connectivity index (χ4n) is 2.54. The highest BCUT2D eigenvalue weighted by atomic mass is 16.5. The van der Waals surface area contributed by atoms with Crippen LogP contribution in [0.2, 0.25) is 0 Å². The molecular weight excluding hydrogens is 350 g/mol. The molecule has 8 heteroatoms. The van der Waals surface area contributed by atoms with E-state index < -0.39 is 11.9 Å². The van der Waals surface area contributed by atoms with Gasteiger partial charge in [0.1, 0.15) is 0 Å². The highest BCUT2D eigenvalue weighted by Gasteiger charge is 2.21. The minimum absolute atomic E-state index is 0.144. The Balaban J connectivity index is 2.10. The summed E-state index contributed by atoms with van der Waals surface area (Å²) in [6.45, 7) is 6.91. The topological polar surface area (TPSA) is 106 Å². The smallest absolute Gasteiger partial charge is 0.308 e. The molecule has 0 saturated heterocycles. The Hall–Kier alpha value is -2.74. The van der Waals surface area contributed by atoms with Crippen LogP contribution in [0.15, 0.2) is 28.7 Å². The molecule has 0 aliphatic heterocycles. The summed E-state index contributed by atoms with van der Waals surface area (Å²) in [6, 6.07) is 6.83. The van der Waals surface area contributed by atoms with Crippen LogP contribution in [-0.2, 0) is 9.53 Å². The van der Waals surface area contributed by atoms with Gasteiger partial charge in [0.15, 0.2) is 0 Å². The van der Waals surface area contributed by atoms with Crippen molar-refractivity contribution in [2.45, 2.75) is 27.2 Å². The Kier molecular flexibility index (Phi) is 7.48. The molecular formula is C19H25N3O5. The average Bonchev–Trinajstić information content (AvgIpc) is 3.10. The summed E-state index contributed by atoms with van der Waals surface area (Å²) in [4.78, 5) is 25.6. The number of carbonyl (C=O) groups is 2. The third-order valence-electron chi connectivity index (χ3n) is 4.03. The first kappa shape index (κ1) is 20.6. The highest BCUT2D eigenvalue weighted by Crippen LogP contribution is 2.19. The van der Waals surface area contributed by atoms with Crippen LogP contribution < -0.4 is 0 Å². The summed E-state index contributed by atoms with van der Waals surface area (Å²) in [7, 11) is 0. The van der Waals surface area contributed by atoms with E-state index in [4.69, 9.17) is 9.15 Å². The average molecular weight is 375 g/mol. The molecule has 0 radical (unpaired) electrons. The van der Waals surface area contributed by atoms with Gasteiger partial charge in [0, 0.05) is 44.4 Å². The largest absolute Gasteiger partial charge is 0.481 e. The van der Waals surface area contributed by atoms with Gasteiger partial charge in [0.05, 0.1) is 5.92 Å². The quantitative estimate of drug-likeness (QED) is 0.636. The van der Waals surface area contributed by atoms with E-state index in [0.717, 1.165) is 0 Å². The summed E-state index contributed by atoms with van der Waals surface area (Å²) < 4.78 is 10.7. The maximum atomic E-state index is 12.9. The van der Waals surface area contributed by atoms with E-state index >= 15 is 0 Å². The van der Waals surface area contributed by atoms with E-state index in [-0.39, 0.29) is 12.5 Å². The van der Waals surface area contributed by atoms with Gasteiger partial charge in [-0.1, -0.05) is 6.92 Å². The summed E-state index contributed by atoms with van der Waals surface area (Å²) in [5.74, 6) is -0.942. The van der Waals surface area contributed by atoms with Crippen molar-refractivity contribution in [2.24, 2.45) is 5.92 Å². The highest BCUT2D eigenvalue weighted by molar-refractivity contribution is 5.94. The van der Waals surface area contributed by atoms with Gasteiger partial charge in [0.25, 0.3) is 5.91 Å². The van der Waals surface area contributed by atoms with Crippen molar-refractivity contribution in [3.63, 3.8) is 0 Å². The van der Waals surface area contributed by atoms with Crippen LogP contribution >= 0.6 is 0 Å². The molecule has 1 atom stereocenters. The minimum Gasteiger partial charge on any atom is -0.481 e. The van der Waals surface area contributed by atoms with Crippen LogP contribution in [0.1, 0.15) is 36.5 Å². The molecule has 8 nitrogen and oxygen atoms in total. The van der Waals surface area contributed by atoms with Gasteiger partial charge in [-0.05, 0) is 37.6 Å². The van der Waals surface area contributed by atoms with Crippen LogP contribution in [0, 0.1) is 12.8 Å². The zero-order valence-corrected chi connectivity index (χ0v) is 15.8. The maximum Gasteiger partial charge on any atom is 0.308 e. The molecule has 0 saturated carbocycles. The second-order valence-electron chi connectivity index (χ2n) is 6.24. The van der Waals surface area contributed by atoms with Crippen LogP contribution in [0.4, 0.5) is 0 Å². The standard InChI is InChI=1S/C19H25N3O5/c1-4-26-11-5-10-22(12-13(2)19(24)25)18(23)16-8-6-15(7-9-16)17-21-20-14(3)27-17/h6-9,13H,4-5,10-12H2,1-3H3,(H,24,25). The molecule has 0 aliphatic rings. The maximum absolute atomic E-state index is 12.9. The Morgan fingerprint density at radius 1 is 1.26 bits per heavy atom. The predicted molar refractivity (Wildman–Crippen MR) is 98.3 cm³/mol. The predicted octanol–water partition coefficient (Wildman–Crippen LogP) is 2.63. The van der Waals surface area contributed by atoms with Gasteiger partial charge in [-0.3, -0.25) is 9.59 Å². The number of hydrogen-bond donors (Lipinski definition) is 1. The number of nitrogens with zero attached hydrogens (tertiary/aromatic N) is 3. The number of aryl methyl sites for hydroxylation is 1. The first-order valence-electron chi connectivity index (χ1n) is 8.92. The number of aromatic nitrogens is 2. The Morgan fingerprint density at radius 2 is 1.96 bits per heavy atom. The van der Waals surface area contributed by atoms with E-state index in [9.17, 15) is 14.7 Å². The van der Waals surface area contributed by atoms with Crippen LogP contribution in [-0.4, -0.2) is 58.4 Å². The number of benzene rings is 1. The van der Waals surface area contributed by atoms with Crippen molar-refractivity contribution in [1.82, 2.24) is 15.1 Å². The Bertz CT molecular complexity index is 757. The molecule has 0 bridgehead atoms. The SMILES string of the molecule is CCOCCCN(CC(C)C(=O)O)C(=O)c1ccc(-c2nnc(C)o2)cc1. The fourth-order valence-corrected chi connectivity index (χ4v) is 2.54. The lowest BCUT2D eigenvalue weighted by atomic mass is 10.1. The third-order valence-corrected chi connectivity index (χ3v) is 4.03. The van der Waals surface area contributed by atoms with E-state index in [1.54, 1.807) is 43.0 Å². The van der Waals surface area contributed by atoms with Gasteiger partial charge in [-0.25, -0.2) is 0 Å². The second kappa shape index (κ2) is 9.82. The van der Waals surface area contributed by atoms with Crippen molar-refractivity contribution in [1.29, 1.82) is 0 Å². The number of ether oxygens (including phenoxy) is 1. The Labute approximate surface area is 158 Å². The van der Waals surface area contributed by atoms with Gasteiger partial charge >= 0.3 is 5.97 Å². The lowest BCUT2D eigenvalue weighted by Gasteiger charge is -2.24. The number of carbonyl (C=O) groups excluding carboxylic acids is 1. The molecule has 1 N–H and O–H groups in total. The van der Waals surface area contributed by atoms with E-state index in [2.05, 4.69) is 10.2 Å². The molecule has 1 aromatic heterocycles. The molecule has 1 heterocycles. The molecule has 0 fully saturated rings. The van der Waals surface area contributed by atoms with Gasteiger partial charge in [-0.2, -0.15) is 0 Å². The zero-order chi connectivity index (χ0) is 19.8. The van der Waals surface area contributed by atoms with E-state index in [1.165, 1.54) is 0 Å². The molecule has 27 heavy (non-hydrogen) atoms. The number of aliphatic carboxylic acids is 1. The monoisotopic (exact) mass is 375 g/mol. The molecule has 1 amide bonds. The van der Waals surface area contributed by atoms with Gasteiger partial charge in [-0.15, -0.1) is 10.2 Å². The first-order valence-corrected chi connectivity index (χ1v) is 8.92. The molecule has 2 aromatic rings. The summed E-state index contributed by atoms with van der Waals surface area (Å²) in [5, 5.41) is 16.9. The second-order valence-corrected chi connectivity index (χ2v) is 6.24. The lowest BCUT2D eigenvalue weighted by molar-refractivity contribution is -0.141. The zero-order valence-electron chi connectivity index (χ0n) is 15.8. The first-order chi connectivity index (χ1) is 12.9. The molecule has 2 rings (SSSR count). The van der Waals surface area contributed by atoms with E-state index in [0.29, 0.717) is 49.1 Å². The van der Waals surface area contributed by atoms with E-state index in [1.807, 2.05) is 6.92 Å². The molecule has 1 aromatic carbocycles.